The number of carbonyl (C=O) groups is 1. The van der Waals surface area contributed by atoms with Gasteiger partial charge in [-0.1, -0.05) is 18.2 Å². The molecule has 1 aliphatic heterocycles. The van der Waals surface area contributed by atoms with Crippen molar-refractivity contribution >= 4 is 16.7 Å². The highest BCUT2D eigenvalue weighted by Gasteiger charge is 2.28. The first-order valence-corrected chi connectivity index (χ1v) is 9.14. The molecule has 136 valence electrons. The largest absolute Gasteiger partial charge is 0.338 e. The molecule has 0 unspecified atom stereocenters. The highest BCUT2D eigenvalue weighted by Crippen LogP contribution is 2.35. The van der Waals surface area contributed by atoms with Crippen molar-refractivity contribution in [2.75, 3.05) is 6.54 Å². The van der Waals surface area contributed by atoms with E-state index in [1.165, 1.54) is 5.69 Å². The zero-order chi connectivity index (χ0) is 19.1. The summed E-state index contributed by atoms with van der Waals surface area (Å²) >= 11 is 0. The van der Waals surface area contributed by atoms with Crippen LogP contribution in [0, 0.1) is 11.3 Å². The molecule has 27 heavy (non-hydrogen) atoms. The van der Waals surface area contributed by atoms with E-state index >= 15 is 0 Å². The van der Waals surface area contributed by atoms with Crippen LogP contribution in [0.3, 0.4) is 0 Å². The topological polar surface area (TPSA) is 74.8 Å². The Morgan fingerprint density at radius 2 is 2.15 bits per heavy atom. The Kier molecular flexibility index (Phi) is 4.15. The average molecular weight is 359 g/mol. The highest BCUT2D eigenvalue weighted by molar-refractivity contribution is 5.96. The molecule has 3 heterocycles. The zero-order valence-corrected chi connectivity index (χ0v) is 15.7. The summed E-state index contributed by atoms with van der Waals surface area (Å²) in [6.07, 6.45) is 2.55. The number of fused-ring (bicyclic) bond motifs is 2. The molecule has 6 heteroatoms. The van der Waals surface area contributed by atoms with Crippen LogP contribution in [0.5, 0.6) is 0 Å². The van der Waals surface area contributed by atoms with Crippen LogP contribution in [0.4, 0.5) is 0 Å². The van der Waals surface area contributed by atoms with Crippen molar-refractivity contribution in [3.05, 3.63) is 47.4 Å². The molecule has 0 saturated heterocycles. The number of hydrogen-bond donors (Lipinski definition) is 0. The quantitative estimate of drug-likeness (QED) is 0.702. The number of benzene rings is 1. The predicted octanol–water partition coefficient (Wildman–Crippen LogP) is 3.46. The lowest BCUT2D eigenvalue weighted by Crippen LogP contribution is -2.34. The fourth-order valence-electron chi connectivity index (χ4n) is 3.80. The minimum absolute atomic E-state index is 0.0853. The number of nitriles is 1. The number of nitrogens with zero attached hydrogens (tertiary/aromatic N) is 5. The van der Waals surface area contributed by atoms with Crippen molar-refractivity contribution in [2.45, 2.75) is 39.8 Å². The molecule has 6 nitrogen and oxygen atoms in total. The molecule has 0 bridgehead atoms. The van der Waals surface area contributed by atoms with Crippen LogP contribution in [0.15, 0.2) is 30.5 Å². The maximum absolute atomic E-state index is 11.9. The summed E-state index contributed by atoms with van der Waals surface area (Å²) in [5, 5.41) is 16.0. The maximum Gasteiger partial charge on any atom is 0.219 e. The van der Waals surface area contributed by atoms with E-state index in [9.17, 15) is 4.79 Å². The van der Waals surface area contributed by atoms with Gasteiger partial charge in [-0.25, -0.2) is 4.98 Å². The smallest absolute Gasteiger partial charge is 0.219 e. The van der Waals surface area contributed by atoms with E-state index in [4.69, 9.17) is 10.4 Å². The monoisotopic (exact) mass is 359 g/mol. The summed E-state index contributed by atoms with van der Waals surface area (Å²) in [5.74, 6) is 0.0853. The van der Waals surface area contributed by atoms with E-state index in [1.54, 1.807) is 19.2 Å². The fraction of sp³-hybridized carbons (Fsp3) is 0.333. The molecule has 1 amide bonds. The van der Waals surface area contributed by atoms with E-state index in [0.717, 1.165) is 40.6 Å². The summed E-state index contributed by atoms with van der Waals surface area (Å²) in [6, 6.07) is 10.1. The lowest BCUT2D eigenvalue weighted by Gasteiger charge is -2.27. The first-order valence-electron chi connectivity index (χ1n) is 9.14. The van der Waals surface area contributed by atoms with Crippen molar-refractivity contribution in [2.24, 2.45) is 0 Å². The fourth-order valence-corrected chi connectivity index (χ4v) is 3.80. The molecular formula is C21H21N5O. The van der Waals surface area contributed by atoms with Gasteiger partial charge in [-0.05, 0) is 25.3 Å². The second-order valence-corrected chi connectivity index (χ2v) is 7.21. The molecule has 0 radical (unpaired) electrons. The SMILES string of the molecule is CC(=O)N1CCc2c(c(-c3cccc4cc(C#N)ncc34)nn2C(C)C)C1. The first-order chi connectivity index (χ1) is 13.0. The Balaban J connectivity index is 1.94. The van der Waals surface area contributed by atoms with Gasteiger partial charge in [0.1, 0.15) is 11.8 Å². The third-order valence-corrected chi connectivity index (χ3v) is 5.15. The number of carbonyl (C=O) groups excluding carboxylic acids is 1. The number of amides is 1. The summed E-state index contributed by atoms with van der Waals surface area (Å²) in [6.45, 7) is 7.16. The van der Waals surface area contributed by atoms with E-state index in [-0.39, 0.29) is 11.9 Å². The van der Waals surface area contributed by atoms with Crippen molar-refractivity contribution in [3.63, 3.8) is 0 Å². The van der Waals surface area contributed by atoms with Gasteiger partial charge in [0.2, 0.25) is 5.91 Å². The normalized spacial score (nSPS) is 13.7. The van der Waals surface area contributed by atoms with Crippen LogP contribution >= 0.6 is 0 Å². The zero-order valence-electron chi connectivity index (χ0n) is 15.7. The first kappa shape index (κ1) is 17.2. The Labute approximate surface area is 158 Å². The molecule has 0 aliphatic carbocycles. The third-order valence-electron chi connectivity index (χ3n) is 5.15. The molecule has 0 N–H and O–H groups in total. The van der Waals surface area contributed by atoms with Crippen molar-refractivity contribution in [1.82, 2.24) is 19.7 Å². The molecular weight excluding hydrogens is 338 g/mol. The lowest BCUT2D eigenvalue weighted by atomic mass is 9.97. The third kappa shape index (κ3) is 2.85. The summed E-state index contributed by atoms with van der Waals surface area (Å²) < 4.78 is 2.08. The Morgan fingerprint density at radius 1 is 1.33 bits per heavy atom. The summed E-state index contributed by atoms with van der Waals surface area (Å²) in [4.78, 5) is 18.1. The van der Waals surface area contributed by atoms with E-state index in [2.05, 4.69) is 29.6 Å². The molecule has 3 aromatic rings. The second kappa shape index (κ2) is 6.51. The number of aromatic nitrogens is 3. The predicted molar refractivity (Wildman–Crippen MR) is 103 cm³/mol. The van der Waals surface area contributed by atoms with Crippen LogP contribution in [0.25, 0.3) is 22.0 Å². The number of rotatable bonds is 2. The molecule has 1 aromatic carbocycles. The van der Waals surface area contributed by atoms with Gasteiger partial charge < -0.3 is 4.90 Å². The van der Waals surface area contributed by atoms with E-state index in [1.807, 2.05) is 23.1 Å². The van der Waals surface area contributed by atoms with Gasteiger partial charge >= 0.3 is 0 Å². The highest BCUT2D eigenvalue weighted by atomic mass is 16.2. The maximum atomic E-state index is 11.9. The molecule has 0 spiro atoms. The second-order valence-electron chi connectivity index (χ2n) is 7.21. The van der Waals surface area contributed by atoms with Gasteiger partial charge in [-0.2, -0.15) is 10.4 Å². The molecule has 1 aliphatic rings. The Bertz CT molecular complexity index is 1090. The summed E-state index contributed by atoms with van der Waals surface area (Å²) in [7, 11) is 0. The van der Waals surface area contributed by atoms with Crippen LogP contribution < -0.4 is 0 Å². The Hall–Kier alpha value is -3.20. The summed E-state index contributed by atoms with van der Waals surface area (Å²) in [5.41, 5.74) is 4.61. The van der Waals surface area contributed by atoms with Crippen molar-refractivity contribution in [3.8, 4) is 17.3 Å². The Morgan fingerprint density at radius 3 is 2.85 bits per heavy atom. The van der Waals surface area contributed by atoms with Gasteiger partial charge in [0.15, 0.2) is 0 Å². The van der Waals surface area contributed by atoms with E-state index < -0.39 is 0 Å². The van der Waals surface area contributed by atoms with Gasteiger partial charge in [-0.3, -0.25) is 9.48 Å². The van der Waals surface area contributed by atoms with Gasteiger partial charge in [-0.15, -0.1) is 0 Å². The van der Waals surface area contributed by atoms with Crippen LogP contribution in [0.1, 0.15) is 43.8 Å². The van der Waals surface area contributed by atoms with Crippen molar-refractivity contribution in [1.29, 1.82) is 5.26 Å². The van der Waals surface area contributed by atoms with Crippen LogP contribution in [-0.2, 0) is 17.8 Å². The standard InChI is InChI=1S/C21H21N5O/c1-13(2)26-20-7-8-25(14(3)27)12-19(20)21(24-26)17-6-4-5-15-9-16(10-22)23-11-18(15)17/h4-6,9,11,13H,7-8,12H2,1-3H3. The van der Waals surface area contributed by atoms with E-state index in [0.29, 0.717) is 12.2 Å². The molecule has 4 rings (SSSR count). The van der Waals surface area contributed by atoms with Gasteiger partial charge in [0, 0.05) is 60.9 Å². The molecule has 0 saturated carbocycles. The van der Waals surface area contributed by atoms with Gasteiger partial charge in [0.25, 0.3) is 0 Å². The van der Waals surface area contributed by atoms with Crippen LogP contribution in [0.2, 0.25) is 0 Å². The molecule has 0 fully saturated rings. The lowest BCUT2D eigenvalue weighted by molar-refractivity contribution is -0.129. The molecule has 2 aromatic heterocycles. The minimum Gasteiger partial charge on any atom is -0.338 e. The average Bonchev–Trinajstić information content (AvgIpc) is 3.06. The van der Waals surface area contributed by atoms with Gasteiger partial charge in [0.05, 0.1) is 5.69 Å². The number of pyridine rings is 1. The number of hydrogen-bond acceptors (Lipinski definition) is 4. The van der Waals surface area contributed by atoms with Crippen molar-refractivity contribution < 1.29 is 4.79 Å². The minimum atomic E-state index is 0.0853. The molecule has 0 atom stereocenters. The van der Waals surface area contributed by atoms with Crippen LogP contribution in [-0.4, -0.2) is 32.1 Å².